The van der Waals surface area contributed by atoms with Gasteiger partial charge in [0.2, 0.25) is 0 Å². The molecule has 0 spiro atoms. The normalized spacial score (nSPS) is 12.0. The van der Waals surface area contributed by atoms with Gasteiger partial charge in [-0.15, -0.1) is 11.3 Å². The standard InChI is InChI=1S/C19H15F2NOS/c1-12(15-8-7-14(20)11-17(15)21)22-19(23)18-16(9-10-24-18)13-5-3-2-4-6-13/h2-12H,1H3,(H,22,23). The van der Waals surface area contributed by atoms with Crippen molar-refractivity contribution in [2.75, 3.05) is 0 Å². The lowest BCUT2D eigenvalue weighted by atomic mass is 10.1. The SMILES string of the molecule is CC(NC(=O)c1sccc1-c1ccccc1)c1ccc(F)cc1F. The molecular formula is C19H15F2NOS. The van der Waals surface area contributed by atoms with Crippen molar-refractivity contribution in [3.8, 4) is 11.1 Å². The molecule has 1 heterocycles. The first-order valence-corrected chi connectivity index (χ1v) is 8.33. The number of rotatable bonds is 4. The second-order valence-corrected chi connectivity index (χ2v) is 6.31. The van der Waals surface area contributed by atoms with Crippen molar-refractivity contribution in [2.45, 2.75) is 13.0 Å². The van der Waals surface area contributed by atoms with Gasteiger partial charge in [-0.3, -0.25) is 4.79 Å². The molecule has 2 aromatic carbocycles. The first-order valence-electron chi connectivity index (χ1n) is 7.45. The summed E-state index contributed by atoms with van der Waals surface area (Å²) >= 11 is 1.33. The molecule has 1 N–H and O–H groups in total. The zero-order valence-electron chi connectivity index (χ0n) is 12.9. The van der Waals surface area contributed by atoms with Crippen molar-refractivity contribution < 1.29 is 13.6 Å². The number of nitrogens with one attached hydrogen (secondary N) is 1. The Balaban J connectivity index is 1.82. The Hall–Kier alpha value is -2.53. The highest BCUT2D eigenvalue weighted by atomic mass is 32.1. The number of hydrogen-bond acceptors (Lipinski definition) is 2. The van der Waals surface area contributed by atoms with Gasteiger partial charge < -0.3 is 5.32 Å². The highest BCUT2D eigenvalue weighted by molar-refractivity contribution is 7.12. The predicted octanol–water partition coefficient (Wildman–Crippen LogP) is 5.18. The molecule has 1 amide bonds. The number of amides is 1. The maximum absolute atomic E-state index is 13.8. The van der Waals surface area contributed by atoms with E-state index in [1.54, 1.807) is 6.92 Å². The predicted molar refractivity (Wildman–Crippen MR) is 92.0 cm³/mol. The van der Waals surface area contributed by atoms with E-state index < -0.39 is 17.7 Å². The van der Waals surface area contributed by atoms with Crippen molar-refractivity contribution >= 4 is 17.2 Å². The fourth-order valence-electron chi connectivity index (χ4n) is 2.52. The number of hydrogen-bond donors (Lipinski definition) is 1. The lowest BCUT2D eigenvalue weighted by molar-refractivity contribution is 0.0944. The molecule has 5 heteroatoms. The zero-order chi connectivity index (χ0) is 17.1. The molecule has 24 heavy (non-hydrogen) atoms. The summed E-state index contributed by atoms with van der Waals surface area (Å²) in [5.41, 5.74) is 2.04. The van der Waals surface area contributed by atoms with E-state index in [1.807, 2.05) is 41.8 Å². The van der Waals surface area contributed by atoms with Gasteiger partial charge in [0, 0.05) is 17.2 Å². The smallest absolute Gasteiger partial charge is 0.262 e. The van der Waals surface area contributed by atoms with Crippen LogP contribution in [0, 0.1) is 11.6 Å². The van der Waals surface area contributed by atoms with Gasteiger partial charge >= 0.3 is 0 Å². The second-order valence-electron chi connectivity index (χ2n) is 5.39. The number of halogens is 2. The molecule has 0 aliphatic carbocycles. The Morgan fingerprint density at radius 2 is 1.83 bits per heavy atom. The van der Waals surface area contributed by atoms with Gasteiger partial charge in [0.1, 0.15) is 11.6 Å². The van der Waals surface area contributed by atoms with E-state index in [4.69, 9.17) is 0 Å². The fourth-order valence-corrected chi connectivity index (χ4v) is 3.34. The molecule has 2 nitrogen and oxygen atoms in total. The molecule has 1 atom stereocenters. The van der Waals surface area contributed by atoms with Crippen LogP contribution in [0.2, 0.25) is 0 Å². The average molecular weight is 343 g/mol. The van der Waals surface area contributed by atoms with Crippen molar-refractivity contribution in [3.05, 3.63) is 82.1 Å². The molecule has 0 fully saturated rings. The largest absolute Gasteiger partial charge is 0.345 e. The zero-order valence-corrected chi connectivity index (χ0v) is 13.7. The van der Waals surface area contributed by atoms with Crippen molar-refractivity contribution in [2.24, 2.45) is 0 Å². The van der Waals surface area contributed by atoms with Crippen molar-refractivity contribution in [1.29, 1.82) is 0 Å². The minimum absolute atomic E-state index is 0.252. The Bertz CT molecular complexity index is 861. The van der Waals surface area contributed by atoms with Gasteiger partial charge in [0.15, 0.2) is 0 Å². The van der Waals surface area contributed by atoms with E-state index in [2.05, 4.69) is 5.32 Å². The third-order valence-corrected chi connectivity index (χ3v) is 4.65. The molecule has 0 saturated heterocycles. The molecule has 3 rings (SSSR count). The van der Waals surface area contributed by atoms with E-state index in [-0.39, 0.29) is 11.5 Å². The lowest BCUT2D eigenvalue weighted by Gasteiger charge is -2.15. The van der Waals surface area contributed by atoms with Gasteiger partial charge in [0.05, 0.1) is 10.9 Å². The molecule has 0 saturated carbocycles. The molecule has 122 valence electrons. The van der Waals surface area contributed by atoms with Gasteiger partial charge in [0.25, 0.3) is 5.91 Å². The summed E-state index contributed by atoms with van der Waals surface area (Å²) < 4.78 is 26.9. The van der Waals surface area contributed by atoms with Gasteiger partial charge in [-0.1, -0.05) is 36.4 Å². The molecule has 3 aromatic rings. The monoisotopic (exact) mass is 343 g/mol. The maximum atomic E-state index is 13.8. The van der Waals surface area contributed by atoms with Crippen LogP contribution in [-0.2, 0) is 0 Å². The summed E-state index contributed by atoms with van der Waals surface area (Å²) in [6.07, 6.45) is 0. The second kappa shape index (κ2) is 6.93. The average Bonchev–Trinajstić information content (AvgIpc) is 3.05. The third-order valence-electron chi connectivity index (χ3n) is 3.73. The summed E-state index contributed by atoms with van der Waals surface area (Å²) in [5, 5.41) is 4.63. The highest BCUT2D eigenvalue weighted by Gasteiger charge is 2.19. The first-order chi connectivity index (χ1) is 11.6. The molecule has 0 aliphatic rings. The number of thiophene rings is 1. The summed E-state index contributed by atoms with van der Waals surface area (Å²) in [5.74, 6) is -1.59. The van der Waals surface area contributed by atoms with Gasteiger partial charge in [-0.05, 0) is 30.0 Å². The number of benzene rings is 2. The van der Waals surface area contributed by atoms with E-state index in [9.17, 15) is 13.6 Å². The van der Waals surface area contributed by atoms with Crippen LogP contribution >= 0.6 is 11.3 Å². The Labute approximate surface area is 142 Å². The van der Waals surface area contributed by atoms with Crippen LogP contribution in [0.3, 0.4) is 0 Å². The van der Waals surface area contributed by atoms with Crippen LogP contribution < -0.4 is 5.32 Å². The van der Waals surface area contributed by atoms with Gasteiger partial charge in [-0.25, -0.2) is 8.78 Å². The van der Waals surface area contributed by atoms with Crippen LogP contribution in [0.5, 0.6) is 0 Å². The Morgan fingerprint density at radius 1 is 1.08 bits per heavy atom. The van der Waals surface area contributed by atoms with Crippen molar-refractivity contribution in [3.63, 3.8) is 0 Å². The summed E-state index contributed by atoms with van der Waals surface area (Å²) in [7, 11) is 0. The topological polar surface area (TPSA) is 29.1 Å². The molecular weight excluding hydrogens is 328 g/mol. The summed E-state index contributed by atoms with van der Waals surface area (Å²) in [6.45, 7) is 1.67. The first kappa shape index (κ1) is 16.3. The quantitative estimate of drug-likeness (QED) is 0.694. The molecule has 0 bridgehead atoms. The lowest BCUT2D eigenvalue weighted by Crippen LogP contribution is -2.27. The number of carbonyl (C=O) groups excluding carboxylic acids is 1. The third kappa shape index (κ3) is 3.36. The Kier molecular flexibility index (Phi) is 4.71. The number of carbonyl (C=O) groups is 1. The van der Waals surface area contributed by atoms with Crippen LogP contribution in [0.1, 0.15) is 28.2 Å². The van der Waals surface area contributed by atoms with E-state index in [0.29, 0.717) is 4.88 Å². The van der Waals surface area contributed by atoms with E-state index >= 15 is 0 Å². The highest BCUT2D eigenvalue weighted by Crippen LogP contribution is 2.29. The summed E-state index contributed by atoms with van der Waals surface area (Å²) in [4.78, 5) is 13.1. The van der Waals surface area contributed by atoms with Crippen LogP contribution in [-0.4, -0.2) is 5.91 Å². The van der Waals surface area contributed by atoms with E-state index in [1.165, 1.54) is 23.5 Å². The minimum Gasteiger partial charge on any atom is -0.345 e. The molecule has 1 unspecified atom stereocenters. The maximum Gasteiger partial charge on any atom is 0.262 e. The minimum atomic E-state index is -0.669. The van der Waals surface area contributed by atoms with Crippen LogP contribution in [0.15, 0.2) is 60.0 Å². The van der Waals surface area contributed by atoms with Crippen molar-refractivity contribution in [1.82, 2.24) is 5.32 Å². The fraction of sp³-hybridized carbons (Fsp3) is 0.105. The van der Waals surface area contributed by atoms with Crippen LogP contribution in [0.25, 0.3) is 11.1 Å². The van der Waals surface area contributed by atoms with E-state index in [0.717, 1.165) is 17.2 Å². The van der Waals surface area contributed by atoms with Gasteiger partial charge in [-0.2, -0.15) is 0 Å². The summed E-state index contributed by atoms with van der Waals surface area (Å²) in [6, 6.07) is 14.3. The molecule has 0 radical (unpaired) electrons. The molecule has 1 aromatic heterocycles. The Morgan fingerprint density at radius 3 is 2.54 bits per heavy atom. The molecule has 0 aliphatic heterocycles. The van der Waals surface area contributed by atoms with Crippen LogP contribution in [0.4, 0.5) is 8.78 Å².